The van der Waals surface area contributed by atoms with E-state index in [0.717, 1.165) is 16.7 Å². The van der Waals surface area contributed by atoms with E-state index < -0.39 is 0 Å². The Balaban J connectivity index is 2.74. The normalized spacial score (nSPS) is 9.62. The van der Waals surface area contributed by atoms with Crippen molar-refractivity contribution in [2.75, 3.05) is 13.7 Å². The Labute approximate surface area is 79.4 Å². The molecule has 0 bridgehead atoms. The second-order valence-electron chi connectivity index (χ2n) is 2.88. The topological polar surface area (TPSA) is 9.23 Å². The van der Waals surface area contributed by atoms with Gasteiger partial charge in [0.25, 0.3) is 0 Å². The van der Waals surface area contributed by atoms with Crippen LogP contribution in [0.4, 0.5) is 0 Å². The first-order chi connectivity index (χ1) is 6.25. The van der Waals surface area contributed by atoms with Crippen molar-refractivity contribution in [3.8, 4) is 0 Å². The van der Waals surface area contributed by atoms with E-state index in [1.54, 1.807) is 7.11 Å². The van der Waals surface area contributed by atoms with Crippen LogP contribution < -0.4 is 0 Å². The summed E-state index contributed by atoms with van der Waals surface area (Å²) in [6.07, 6.45) is 0. The second-order valence-corrected chi connectivity index (χ2v) is 2.88. The molecule has 13 heavy (non-hydrogen) atoms. The highest BCUT2D eigenvalue weighted by Crippen LogP contribution is 2.18. The minimum atomic E-state index is 0.535. The fourth-order valence-corrected chi connectivity index (χ4v) is 1.10. The van der Waals surface area contributed by atoms with Crippen LogP contribution in [0.2, 0.25) is 0 Å². The van der Waals surface area contributed by atoms with E-state index in [-0.39, 0.29) is 0 Å². The molecule has 0 spiro atoms. The third-order valence-corrected chi connectivity index (χ3v) is 1.87. The number of methoxy groups -OCH3 is 1. The van der Waals surface area contributed by atoms with Crippen LogP contribution >= 0.6 is 0 Å². The SMILES string of the molecule is C=C(COC)C(=C)c1ccccc1. The minimum absolute atomic E-state index is 0.535. The molecule has 0 fully saturated rings. The van der Waals surface area contributed by atoms with Gasteiger partial charge in [0.05, 0.1) is 6.61 Å². The van der Waals surface area contributed by atoms with E-state index in [1.807, 2.05) is 30.3 Å². The van der Waals surface area contributed by atoms with Crippen molar-refractivity contribution in [3.05, 3.63) is 54.6 Å². The first-order valence-corrected chi connectivity index (χ1v) is 4.17. The van der Waals surface area contributed by atoms with Gasteiger partial charge in [-0.2, -0.15) is 0 Å². The summed E-state index contributed by atoms with van der Waals surface area (Å²) in [6, 6.07) is 9.99. The van der Waals surface area contributed by atoms with Crippen molar-refractivity contribution in [1.29, 1.82) is 0 Å². The summed E-state index contributed by atoms with van der Waals surface area (Å²) in [5, 5.41) is 0. The van der Waals surface area contributed by atoms with Crippen molar-refractivity contribution in [3.63, 3.8) is 0 Å². The van der Waals surface area contributed by atoms with Gasteiger partial charge in [-0.05, 0) is 16.7 Å². The zero-order valence-corrected chi connectivity index (χ0v) is 7.92. The number of hydrogen-bond acceptors (Lipinski definition) is 1. The van der Waals surface area contributed by atoms with Crippen LogP contribution in [0.5, 0.6) is 0 Å². The lowest BCUT2D eigenvalue weighted by Gasteiger charge is -2.07. The van der Waals surface area contributed by atoms with Gasteiger partial charge in [-0.3, -0.25) is 0 Å². The molecule has 0 saturated carbocycles. The third-order valence-electron chi connectivity index (χ3n) is 1.87. The van der Waals surface area contributed by atoms with Crippen molar-refractivity contribution in [2.24, 2.45) is 0 Å². The van der Waals surface area contributed by atoms with Gasteiger partial charge in [0, 0.05) is 7.11 Å². The van der Waals surface area contributed by atoms with Crippen LogP contribution in [0.25, 0.3) is 5.57 Å². The molecule has 0 aliphatic rings. The number of ether oxygens (including phenoxy) is 1. The number of hydrogen-bond donors (Lipinski definition) is 0. The maximum absolute atomic E-state index is 4.99. The Hall–Kier alpha value is -1.34. The zero-order chi connectivity index (χ0) is 9.68. The molecular formula is C12H14O. The standard InChI is InChI=1S/C12H14O/c1-10(9-13-3)11(2)12-7-5-4-6-8-12/h4-8H,1-2,9H2,3H3. The zero-order valence-electron chi connectivity index (χ0n) is 7.92. The lowest BCUT2D eigenvalue weighted by atomic mass is 10.0. The van der Waals surface area contributed by atoms with Gasteiger partial charge in [-0.1, -0.05) is 43.5 Å². The highest BCUT2D eigenvalue weighted by molar-refractivity contribution is 5.76. The van der Waals surface area contributed by atoms with Crippen LogP contribution in [0.15, 0.2) is 49.1 Å². The lowest BCUT2D eigenvalue weighted by molar-refractivity contribution is 0.229. The van der Waals surface area contributed by atoms with E-state index in [4.69, 9.17) is 4.74 Å². The Kier molecular flexibility index (Phi) is 3.47. The van der Waals surface area contributed by atoms with Crippen LogP contribution in [0.3, 0.4) is 0 Å². The fraction of sp³-hybridized carbons (Fsp3) is 0.167. The monoisotopic (exact) mass is 174 g/mol. The molecule has 0 aliphatic heterocycles. The molecule has 0 N–H and O–H groups in total. The molecule has 0 radical (unpaired) electrons. The van der Waals surface area contributed by atoms with Gasteiger partial charge in [0.15, 0.2) is 0 Å². The molecule has 0 aromatic heterocycles. The van der Waals surface area contributed by atoms with Gasteiger partial charge in [-0.25, -0.2) is 0 Å². The predicted octanol–water partition coefficient (Wildman–Crippen LogP) is 2.90. The van der Waals surface area contributed by atoms with Crippen LogP contribution in [-0.4, -0.2) is 13.7 Å². The molecule has 0 unspecified atom stereocenters. The van der Waals surface area contributed by atoms with E-state index in [2.05, 4.69) is 13.2 Å². The Morgan fingerprint density at radius 1 is 1.23 bits per heavy atom. The summed E-state index contributed by atoms with van der Waals surface area (Å²) in [4.78, 5) is 0. The molecule has 0 aliphatic carbocycles. The minimum Gasteiger partial charge on any atom is -0.380 e. The summed E-state index contributed by atoms with van der Waals surface area (Å²) in [5.41, 5.74) is 2.97. The molecule has 1 heteroatoms. The average Bonchev–Trinajstić information content (AvgIpc) is 2.18. The molecule has 0 heterocycles. The molecular weight excluding hydrogens is 160 g/mol. The van der Waals surface area contributed by atoms with Crippen LogP contribution in [-0.2, 0) is 4.74 Å². The summed E-state index contributed by atoms with van der Waals surface area (Å²) in [7, 11) is 1.66. The molecule has 1 aromatic carbocycles. The van der Waals surface area contributed by atoms with Crippen LogP contribution in [0, 0.1) is 0 Å². The molecule has 1 nitrogen and oxygen atoms in total. The molecule has 0 atom stereocenters. The van der Waals surface area contributed by atoms with Gasteiger partial charge >= 0.3 is 0 Å². The van der Waals surface area contributed by atoms with E-state index in [9.17, 15) is 0 Å². The maximum Gasteiger partial charge on any atom is 0.0713 e. The highest BCUT2D eigenvalue weighted by Gasteiger charge is 2.01. The Morgan fingerprint density at radius 2 is 1.85 bits per heavy atom. The first-order valence-electron chi connectivity index (χ1n) is 4.17. The molecule has 1 rings (SSSR count). The summed E-state index contributed by atoms with van der Waals surface area (Å²) in [5.74, 6) is 0. The number of rotatable bonds is 4. The smallest absolute Gasteiger partial charge is 0.0713 e. The summed E-state index contributed by atoms with van der Waals surface area (Å²) in [6.45, 7) is 8.40. The van der Waals surface area contributed by atoms with Crippen LogP contribution in [0.1, 0.15) is 5.56 Å². The van der Waals surface area contributed by atoms with Gasteiger partial charge in [-0.15, -0.1) is 0 Å². The average molecular weight is 174 g/mol. The largest absolute Gasteiger partial charge is 0.380 e. The van der Waals surface area contributed by atoms with E-state index in [1.165, 1.54) is 0 Å². The molecule has 1 aromatic rings. The highest BCUT2D eigenvalue weighted by atomic mass is 16.5. The van der Waals surface area contributed by atoms with Gasteiger partial charge < -0.3 is 4.74 Å². The van der Waals surface area contributed by atoms with E-state index in [0.29, 0.717) is 6.61 Å². The quantitative estimate of drug-likeness (QED) is 0.638. The summed E-state index contributed by atoms with van der Waals surface area (Å²) < 4.78 is 4.99. The Bertz CT molecular complexity index is 298. The molecule has 68 valence electrons. The fourth-order valence-electron chi connectivity index (χ4n) is 1.10. The first kappa shape index (κ1) is 9.75. The summed E-state index contributed by atoms with van der Waals surface area (Å²) >= 11 is 0. The maximum atomic E-state index is 4.99. The second kappa shape index (κ2) is 4.63. The predicted molar refractivity (Wildman–Crippen MR) is 56.5 cm³/mol. The molecule has 0 saturated heterocycles. The van der Waals surface area contributed by atoms with E-state index >= 15 is 0 Å². The lowest BCUT2D eigenvalue weighted by Crippen LogP contribution is -1.95. The van der Waals surface area contributed by atoms with Crippen molar-refractivity contribution in [1.82, 2.24) is 0 Å². The third kappa shape index (κ3) is 2.56. The van der Waals surface area contributed by atoms with Crippen molar-refractivity contribution >= 4 is 5.57 Å². The van der Waals surface area contributed by atoms with Gasteiger partial charge in [0.2, 0.25) is 0 Å². The number of benzene rings is 1. The molecule has 0 amide bonds. The van der Waals surface area contributed by atoms with Gasteiger partial charge in [0.1, 0.15) is 0 Å². The Morgan fingerprint density at radius 3 is 2.38 bits per heavy atom. The van der Waals surface area contributed by atoms with Crippen molar-refractivity contribution in [2.45, 2.75) is 0 Å². The van der Waals surface area contributed by atoms with Crippen molar-refractivity contribution < 1.29 is 4.74 Å².